The molecular weight excluding hydrogens is 287 g/mol. The number of ether oxygens (including phenoxy) is 1. The van der Waals surface area contributed by atoms with E-state index in [0.717, 1.165) is 17.4 Å². The largest absolute Gasteiger partial charge is 0.451 e. The molecule has 1 fully saturated rings. The fraction of sp³-hybridized carbons (Fsp3) is 0.833. The number of fused-ring (bicyclic) bond motifs is 1. The predicted octanol–water partition coefficient (Wildman–Crippen LogP) is 0.619. The van der Waals surface area contributed by atoms with E-state index in [1.165, 1.54) is 0 Å². The van der Waals surface area contributed by atoms with Crippen LogP contribution in [0, 0.1) is 0 Å². The van der Waals surface area contributed by atoms with E-state index in [1.54, 1.807) is 0 Å². The van der Waals surface area contributed by atoms with Crippen LogP contribution in [0.15, 0.2) is 0 Å². The first-order chi connectivity index (χ1) is 9.97. The topological polar surface area (TPSA) is 69.2 Å². The third-order valence-corrected chi connectivity index (χ3v) is 4.01. The quantitative estimate of drug-likeness (QED) is 0.886. The molecule has 0 amide bonds. The van der Waals surface area contributed by atoms with Crippen LogP contribution in [0.25, 0.3) is 0 Å². The molecule has 0 radical (unpaired) electrons. The normalized spacial score (nSPS) is 27.0. The maximum absolute atomic E-state index is 12.7. The summed E-state index contributed by atoms with van der Waals surface area (Å²) in [7, 11) is 0. The molecule has 6 nitrogen and oxygen atoms in total. The van der Waals surface area contributed by atoms with E-state index in [4.69, 9.17) is 10.5 Å². The van der Waals surface area contributed by atoms with Crippen molar-refractivity contribution in [1.29, 1.82) is 0 Å². The highest BCUT2D eigenvalue weighted by atomic mass is 19.4. The molecular formula is C12H18F3N5O. The lowest BCUT2D eigenvalue weighted by Crippen LogP contribution is -2.40. The van der Waals surface area contributed by atoms with Gasteiger partial charge in [-0.05, 0) is 12.8 Å². The molecule has 1 aromatic heterocycles. The average Bonchev–Trinajstić information content (AvgIpc) is 3.03. The van der Waals surface area contributed by atoms with E-state index >= 15 is 0 Å². The van der Waals surface area contributed by atoms with Crippen LogP contribution in [0.2, 0.25) is 0 Å². The Hall–Kier alpha value is -1.19. The second-order valence-corrected chi connectivity index (χ2v) is 5.52. The smallest absolute Gasteiger partial charge is 0.372 e. The molecule has 2 aliphatic rings. The highest BCUT2D eigenvalue weighted by molar-refractivity contribution is 5.02. The van der Waals surface area contributed by atoms with Crippen LogP contribution in [0.1, 0.15) is 24.5 Å². The number of nitrogens with two attached hydrogens (primary N) is 1. The van der Waals surface area contributed by atoms with Crippen LogP contribution < -0.4 is 5.73 Å². The minimum atomic E-state index is -4.45. The van der Waals surface area contributed by atoms with E-state index in [2.05, 4.69) is 15.1 Å². The van der Waals surface area contributed by atoms with Gasteiger partial charge in [-0.25, -0.2) is 0 Å². The zero-order valence-corrected chi connectivity index (χ0v) is 11.5. The summed E-state index contributed by atoms with van der Waals surface area (Å²) in [5, 5.41) is 6.94. The molecule has 0 spiro atoms. The molecule has 2 atom stereocenters. The fourth-order valence-corrected chi connectivity index (χ4v) is 2.95. The van der Waals surface area contributed by atoms with Gasteiger partial charge in [0, 0.05) is 26.2 Å². The summed E-state index contributed by atoms with van der Waals surface area (Å²) in [5.74, 6) is -0.542. The monoisotopic (exact) mass is 305 g/mol. The molecule has 2 unspecified atom stereocenters. The Labute approximate surface area is 120 Å². The number of hydrogen-bond acceptors (Lipinski definition) is 5. The van der Waals surface area contributed by atoms with Crippen LogP contribution in [0.5, 0.6) is 0 Å². The molecule has 2 aliphatic heterocycles. The molecule has 9 heteroatoms. The van der Waals surface area contributed by atoms with Crippen LogP contribution in [0.4, 0.5) is 13.2 Å². The number of hydrogen-bond donors (Lipinski definition) is 1. The summed E-state index contributed by atoms with van der Waals surface area (Å²) in [6.07, 6.45) is -2.34. The molecule has 1 aromatic rings. The third-order valence-electron chi connectivity index (χ3n) is 4.01. The second kappa shape index (κ2) is 5.54. The average molecular weight is 305 g/mol. The lowest BCUT2D eigenvalue weighted by atomic mass is 10.2. The summed E-state index contributed by atoms with van der Waals surface area (Å²) in [4.78, 5) is 2.06. The van der Waals surface area contributed by atoms with Crippen molar-refractivity contribution in [3.05, 3.63) is 11.6 Å². The van der Waals surface area contributed by atoms with Crippen LogP contribution >= 0.6 is 0 Å². The number of nitrogens with zero attached hydrogens (tertiary/aromatic N) is 4. The van der Waals surface area contributed by atoms with Gasteiger partial charge in [0.15, 0.2) is 0 Å². The van der Waals surface area contributed by atoms with E-state index in [9.17, 15) is 13.2 Å². The molecule has 3 rings (SSSR count). The Morgan fingerprint density at radius 2 is 1.95 bits per heavy atom. The number of halogens is 3. The Bertz CT molecular complexity index is 504. The summed E-state index contributed by atoms with van der Waals surface area (Å²) in [6.45, 7) is 2.38. The summed E-state index contributed by atoms with van der Waals surface area (Å²) in [6, 6.07) is 0. The van der Waals surface area contributed by atoms with Crippen molar-refractivity contribution < 1.29 is 17.9 Å². The molecule has 0 bridgehead atoms. The molecule has 3 heterocycles. The van der Waals surface area contributed by atoms with Crippen molar-refractivity contribution in [3.63, 3.8) is 0 Å². The standard InChI is InChI=1S/C12H18F3N5O/c13-12(14,15)11-18-17-10-7-19(3-4-20(10)11)6-9-2-1-8(5-16)21-9/h8-9H,1-7,16H2. The van der Waals surface area contributed by atoms with E-state index in [-0.39, 0.29) is 18.8 Å². The fourth-order valence-electron chi connectivity index (χ4n) is 2.95. The lowest BCUT2D eigenvalue weighted by Gasteiger charge is -2.29. The maximum Gasteiger partial charge on any atom is 0.451 e. The molecule has 21 heavy (non-hydrogen) atoms. The molecule has 0 aromatic carbocycles. The van der Waals surface area contributed by atoms with Crippen molar-refractivity contribution in [1.82, 2.24) is 19.7 Å². The zero-order valence-electron chi connectivity index (χ0n) is 11.5. The van der Waals surface area contributed by atoms with Gasteiger partial charge in [-0.15, -0.1) is 10.2 Å². The highest BCUT2D eigenvalue weighted by Gasteiger charge is 2.39. The van der Waals surface area contributed by atoms with Gasteiger partial charge in [0.05, 0.1) is 18.8 Å². The number of aromatic nitrogens is 3. The van der Waals surface area contributed by atoms with E-state index < -0.39 is 12.0 Å². The summed E-state index contributed by atoms with van der Waals surface area (Å²) in [5.41, 5.74) is 5.57. The van der Waals surface area contributed by atoms with Crippen molar-refractivity contribution in [3.8, 4) is 0 Å². The van der Waals surface area contributed by atoms with Gasteiger partial charge in [0.25, 0.3) is 0 Å². The molecule has 1 saturated heterocycles. The lowest BCUT2D eigenvalue weighted by molar-refractivity contribution is -0.148. The summed E-state index contributed by atoms with van der Waals surface area (Å²) < 4.78 is 45.2. The first-order valence-electron chi connectivity index (χ1n) is 7.04. The van der Waals surface area contributed by atoms with Crippen LogP contribution in [-0.4, -0.2) is 51.5 Å². The Morgan fingerprint density at radius 1 is 1.19 bits per heavy atom. The van der Waals surface area contributed by atoms with Crippen molar-refractivity contribution in [2.24, 2.45) is 5.73 Å². The van der Waals surface area contributed by atoms with Gasteiger partial charge in [-0.2, -0.15) is 13.2 Å². The van der Waals surface area contributed by atoms with Crippen molar-refractivity contribution in [2.45, 2.75) is 44.3 Å². The van der Waals surface area contributed by atoms with Crippen LogP contribution in [0.3, 0.4) is 0 Å². The van der Waals surface area contributed by atoms with Crippen molar-refractivity contribution in [2.75, 3.05) is 19.6 Å². The zero-order chi connectivity index (χ0) is 15.0. The number of alkyl halides is 3. The van der Waals surface area contributed by atoms with E-state index in [0.29, 0.717) is 32.0 Å². The molecule has 0 saturated carbocycles. The SMILES string of the molecule is NCC1CCC(CN2CCn3c(nnc3C(F)(F)F)C2)O1. The Balaban J connectivity index is 1.62. The molecule has 118 valence electrons. The first-order valence-corrected chi connectivity index (χ1v) is 7.04. The highest BCUT2D eigenvalue weighted by Crippen LogP contribution is 2.29. The van der Waals surface area contributed by atoms with Gasteiger partial charge in [-0.1, -0.05) is 0 Å². The van der Waals surface area contributed by atoms with Crippen molar-refractivity contribution >= 4 is 0 Å². The predicted molar refractivity (Wildman–Crippen MR) is 67.3 cm³/mol. The van der Waals surface area contributed by atoms with Gasteiger partial charge in [-0.3, -0.25) is 4.90 Å². The van der Waals surface area contributed by atoms with Gasteiger partial charge in [0.2, 0.25) is 5.82 Å². The van der Waals surface area contributed by atoms with Gasteiger partial charge >= 0.3 is 6.18 Å². The van der Waals surface area contributed by atoms with E-state index in [1.807, 2.05) is 0 Å². The first kappa shape index (κ1) is 14.7. The molecule has 0 aliphatic carbocycles. The Kier molecular flexibility index (Phi) is 3.89. The van der Waals surface area contributed by atoms with Crippen LogP contribution in [-0.2, 0) is 24.0 Å². The summed E-state index contributed by atoms with van der Waals surface area (Å²) >= 11 is 0. The maximum atomic E-state index is 12.7. The van der Waals surface area contributed by atoms with Gasteiger partial charge in [0.1, 0.15) is 5.82 Å². The molecule has 2 N–H and O–H groups in total. The second-order valence-electron chi connectivity index (χ2n) is 5.52. The Morgan fingerprint density at radius 3 is 2.62 bits per heavy atom. The third kappa shape index (κ3) is 3.04. The van der Waals surface area contributed by atoms with Gasteiger partial charge < -0.3 is 15.0 Å². The minimum absolute atomic E-state index is 0.107. The number of rotatable bonds is 3. The minimum Gasteiger partial charge on any atom is -0.372 e.